The summed E-state index contributed by atoms with van der Waals surface area (Å²) in [7, 11) is 0. The van der Waals surface area contributed by atoms with E-state index in [1.807, 2.05) is 0 Å². The SMILES string of the molecule is C=CCN1C(=O)NC(=O)C(=Cc2ccc(OCc3ccccc3F)c(OCC)c2)C1=O. The van der Waals surface area contributed by atoms with Crippen molar-refractivity contribution in [2.75, 3.05) is 13.2 Å². The van der Waals surface area contributed by atoms with Crippen molar-refractivity contribution < 1.29 is 28.2 Å². The first-order valence-corrected chi connectivity index (χ1v) is 9.57. The highest BCUT2D eigenvalue weighted by molar-refractivity contribution is 6.31. The molecule has 0 saturated carbocycles. The maximum absolute atomic E-state index is 13.8. The molecule has 1 aliphatic heterocycles. The van der Waals surface area contributed by atoms with Crippen LogP contribution in [0.2, 0.25) is 0 Å². The number of imide groups is 2. The van der Waals surface area contributed by atoms with Gasteiger partial charge in [-0.15, -0.1) is 6.58 Å². The van der Waals surface area contributed by atoms with Crippen LogP contribution in [0, 0.1) is 5.82 Å². The minimum absolute atomic E-state index is 0.00665. The van der Waals surface area contributed by atoms with Crippen LogP contribution in [0.25, 0.3) is 6.08 Å². The Morgan fingerprint density at radius 1 is 1.10 bits per heavy atom. The number of nitrogens with one attached hydrogen (secondary N) is 1. The Labute approximate surface area is 178 Å². The highest BCUT2D eigenvalue weighted by atomic mass is 19.1. The van der Waals surface area contributed by atoms with Crippen molar-refractivity contribution in [3.05, 3.63) is 77.6 Å². The van der Waals surface area contributed by atoms with E-state index in [4.69, 9.17) is 9.47 Å². The zero-order valence-electron chi connectivity index (χ0n) is 16.9. The van der Waals surface area contributed by atoms with E-state index in [9.17, 15) is 18.8 Å². The molecular weight excluding hydrogens is 403 g/mol. The summed E-state index contributed by atoms with van der Waals surface area (Å²) in [5, 5.41) is 2.13. The summed E-state index contributed by atoms with van der Waals surface area (Å²) in [6.45, 7) is 5.63. The Balaban J connectivity index is 1.86. The molecule has 1 saturated heterocycles. The van der Waals surface area contributed by atoms with Gasteiger partial charge in [0.05, 0.1) is 6.61 Å². The second kappa shape index (κ2) is 9.71. The van der Waals surface area contributed by atoms with Gasteiger partial charge < -0.3 is 9.47 Å². The summed E-state index contributed by atoms with van der Waals surface area (Å²) in [6.07, 6.45) is 2.75. The Bertz CT molecular complexity index is 1060. The molecule has 0 spiro atoms. The lowest BCUT2D eigenvalue weighted by atomic mass is 10.1. The molecule has 31 heavy (non-hydrogen) atoms. The molecule has 7 nitrogen and oxygen atoms in total. The van der Waals surface area contributed by atoms with Crippen LogP contribution in [0.15, 0.2) is 60.7 Å². The highest BCUT2D eigenvalue weighted by Gasteiger charge is 2.34. The van der Waals surface area contributed by atoms with Crippen LogP contribution in [-0.2, 0) is 16.2 Å². The van der Waals surface area contributed by atoms with E-state index in [-0.39, 0.29) is 24.5 Å². The van der Waals surface area contributed by atoms with Crippen molar-refractivity contribution in [2.45, 2.75) is 13.5 Å². The van der Waals surface area contributed by atoms with Gasteiger partial charge in [-0.3, -0.25) is 19.8 Å². The Hall–Kier alpha value is -3.94. The van der Waals surface area contributed by atoms with Crippen LogP contribution < -0.4 is 14.8 Å². The number of nitrogens with zero attached hydrogens (tertiary/aromatic N) is 1. The van der Waals surface area contributed by atoms with E-state index in [2.05, 4.69) is 11.9 Å². The molecule has 1 N–H and O–H groups in total. The Morgan fingerprint density at radius 2 is 1.87 bits per heavy atom. The average molecular weight is 424 g/mol. The first kappa shape index (κ1) is 21.8. The van der Waals surface area contributed by atoms with Gasteiger partial charge in [0.15, 0.2) is 11.5 Å². The van der Waals surface area contributed by atoms with Crippen LogP contribution in [0.4, 0.5) is 9.18 Å². The number of hydrogen-bond acceptors (Lipinski definition) is 5. The van der Waals surface area contributed by atoms with E-state index >= 15 is 0 Å². The summed E-state index contributed by atoms with van der Waals surface area (Å²) in [5.74, 6) is -1.12. The topological polar surface area (TPSA) is 84.9 Å². The largest absolute Gasteiger partial charge is 0.490 e. The molecule has 2 aromatic carbocycles. The van der Waals surface area contributed by atoms with Crippen molar-refractivity contribution in [3.63, 3.8) is 0 Å². The number of rotatable bonds is 8. The molecule has 0 bridgehead atoms. The second-order valence-electron chi connectivity index (χ2n) is 6.54. The quantitative estimate of drug-likeness (QED) is 0.399. The normalized spacial score (nSPS) is 15.1. The number of carbonyl (C=O) groups excluding carboxylic acids is 3. The summed E-state index contributed by atoms with van der Waals surface area (Å²) >= 11 is 0. The third-order valence-corrected chi connectivity index (χ3v) is 4.42. The van der Waals surface area contributed by atoms with Crippen molar-refractivity contribution >= 4 is 23.9 Å². The predicted octanol–water partition coefficient (Wildman–Crippen LogP) is 3.45. The van der Waals surface area contributed by atoms with E-state index in [0.717, 1.165) is 4.90 Å². The number of ether oxygens (including phenoxy) is 2. The maximum Gasteiger partial charge on any atom is 0.331 e. The molecule has 0 radical (unpaired) electrons. The Morgan fingerprint density at radius 3 is 2.58 bits per heavy atom. The van der Waals surface area contributed by atoms with Gasteiger partial charge in [0, 0.05) is 12.1 Å². The van der Waals surface area contributed by atoms with Crippen molar-refractivity contribution in [3.8, 4) is 11.5 Å². The van der Waals surface area contributed by atoms with Gasteiger partial charge in [0.2, 0.25) is 0 Å². The molecule has 0 unspecified atom stereocenters. The van der Waals surface area contributed by atoms with Crippen LogP contribution in [-0.4, -0.2) is 35.9 Å². The fourth-order valence-electron chi connectivity index (χ4n) is 2.93. The summed E-state index contributed by atoms with van der Waals surface area (Å²) in [6, 6.07) is 10.3. The van der Waals surface area contributed by atoms with Gasteiger partial charge in [-0.1, -0.05) is 30.3 Å². The van der Waals surface area contributed by atoms with Gasteiger partial charge in [-0.2, -0.15) is 0 Å². The van der Waals surface area contributed by atoms with Crippen molar-refractivity contribution in [2.24, 2.45) is 0 Å². The van der Waals surface area contributed by atoms with E-state index in [1.54, 1.807) is 43.3 Å². The minimum Gasteiger partial charge on any atom is -0.490 e. The molecule has 1 fully saturated rings. The van der Waals surface area contributed by atoms with Crippen LogP contribution >= 0.6 is 0 Å². The average Bonchev–Trinajstić information content (AvgIpc) is 2.75. The number of benzene rings is 2. The first-order chi connectivity index (χ1) is 14.9. The highest BCUT2D eigenvalue weighted by Crippen LogP contribution is 2.30. The number of halogens is 1. The second-order valence-corrected chi connectivity index (χ2v) is 6.54. The van der Waals surface area contributed by atoms with E-state index < -0.39 is 17.8 Å². The lowest BCUT2D eigenvalue weighted by molar-refractivity contribution is -0.129. The molecule has 4 amide bonds. The molecule has 2 aromatic rings. The number of urea groups is 1. The van der Waals surface area contributed by atoms with Crippen molar-refractivity contribution in [1.29, 1.82) is 0 Å². The Kier molecular flexibility index (Phi) is 6.81. The molecule has 1 aliphatic rings. The molecular formula is C23H21FN2O5. The van der Waals surface area contributed by atoms with E-state index in [0.29, 0.717) is 29.2 Å². The van der Waals surface area contributed by atoms with Gasteiger partial charge in [-0.25, -0.2) is 9.18 Å². The summed E-state index contributed by atoms with van der Waals surface area (Å²) in [5.41, 5.74) is 0.699. The van der Waals surface area contributed by atoms with Crippen LogP contribution in [0.5, 0.6) is 11.5 Å². The summed E-state index contributed by atoms with van der Waals surface area (Å²) < 4.78 is 25.1. The molecule has 0 aromatic heterocycles. The molecule has 3 rings (SSSR count). The molecule has 0 atom stereocenters. The van der Waals surface area contributed by atoms with Gasteiger partial charge in [0.1, 0.15) is 18.0 Å². The number of carbonyl (C=O) groups is 3. The van der Waals surface area contributed by atoms with Crippen LogP contribution in [0.1, 0.15) is 18.1 Å². The number of amides is 4. The van der Waals surface area contributed by atoms with Gasteiger partial charge >= 0.3 is 6.03 Å². The fourth-order valence-corrected chi connectivity index (χ4v) is 2.93. The monoisotopic (exact) mass is 424 g/mol. The van der Waals surface area contributed by atoms with Crippen molar-refractivity contribution in [1.82, 2.24) is 10.2 Å². The molecule has 160 valence electrons. The van der Waals surface area contributed by atoms with Gasteiger partial charge in [0.25, 0.3) is 11.8 Å². The number of hydrogen-bond donors (Lipinski definition) is 1. The lowest BCUT2D eigenvalue weighted by Gasteiger charge is -2.25. The summed E-state index contributed by atoms with van der Waals surface area (Å²) in [4.78, 5) is 37.4. The smallest absolute Gasteiger partial charge is 0.331 e. The standard InChI is InChI=1S/C23H21FN2O5/c1-3-11-26-22(28)17(21(27)25-23(26)29)12-15-9-10-19(20(13-15)30-4-2)31-14-16-7-5-6-8-18(16)24/h3,5-10,12-13H,1,4,11,14H2,2H3,(H,25,27,29). The molecule has 8 heteroatoms. The predicted molar refractivity (Wildman–Crippen MR) is 112 cm³/mol. The van der Waals surface area contributed by atoms with Gasteiger partial charge in [-0.05, 0) is 36.8 Å². The third kappa shape index (κ3) is 4.98. The fraction of sp³-hybridized carbons (Fsp3) is 0.174. The van der Waals surface area contributed by atoms with E-state index in [1.165, 1.54) is 18.2 Å². The zero-order chi connectivity index (χ0) is 22.4. The molecule has 0 aliphatic carbocycles. The first-order valence-electron chi connectivity index (χ1n) is 9.57. The third-order valence-electron chi connectivity index (χ3n) is 4.42. The number of barbiturate groups is 1. The maximum atomic E-state index is 13.8. The van der Waals surface area contributed by atoms with Crippen LogP contribution in [0.3, 0.4) is 0 Å². The zero-order valence-corrected chi connectivity index (χ0v) is 16.9. The minimum atomic E-state index is -0.793. The lowest BCUT2D eigenvalue weighted by Crippen LogP contribution is -2.54. The molecule has 1 heterocycles.